The van der Waals surface area contributed by atoms with Crippen LogP contribution < -0.4 is 4.90 Å². The first-order chi connectivity index (χ1) is 11.1. The lowest BCUT2D eigenvalue weighted by Crippen LogP contribution is -2.48. The summed E-state index contributed by atoms with van der Waals surface area (Å²) in [6.45, 7) is 3.97. The molecule has 0 aromatic heterocycles. The van der Waals surface area contributed by atoms with Gasteiger partial charge in [0.25, 0.3) is 0 Å². The lowest BCUT2D eigenvalue weighted by Gasteiger charge is -2.39. The average Bonchev–Trinajstić information content (AvgIpc) is 2.56. The van der Waals surface area contributed by atoms with E-state index < -0.39 is 12.0 Å². The van der Waals surface area contributed by atoms with Crippen molar-refractivity contribution in [3.05, 3.63) is 65.7 Å². The van der Waals surface area contributed by atoms with Crippen molar-refractivity contribution in [1.82, 2.24) is 0 Å². The first-order valence-electron chi connectivity index (χ1n) is 7.79. The smallest absolute Gasteiger partial charge is 0.414 e. The number of ether oxygens (including phenoxy) is 1. The highest BCUT2D eigenvalue weighted by Gasteiger charge is 2.41. The van der Waals surface area contributed by atoms with Crippen LogP contribution in [0, 0.1) is 0 Å². The lowest BCUT2D eigenvalue weighted by atomic mass is 9.81. The molecule has 0 bridgehead atoms. The van der Waals surface area contributed by atoms with E-state index in [0.717, 1.165) is 5.56 Å². The lowest BCUT2D eigenvalue weighted by molar-refractivity contribution is 0.0937. The topological polar surface area (TPSA) is 46.6 Å². The van der Waals surface area contributed by atoms with E-state index in [1.165, 1.54) is 0 Å². The second-order valence-corrected chi connectivity index (χ2v) is 5.58. The monoisotopic (exact) mass is 309 g/mol. The first-order valence-corrected chi connectivity index (χ1v) is 7.79. The van der Waals surface area contributed by atoms with Crippen molar-refractivity contribution in [3.63, 3.8) is 0 Å². The highest BCUT2D eigenvalue weighted by Crippen LogP contribution is 2.39. The molecule has 2 atom stereocenters. The molecule has 0 spiro atoms. The molecule has 4 heteroatoms. The SMILES string of the molecule is CCOC(=O)N1c2ccccc2C(=O)[C@@H](c2ccccc2)[C@@H]1C. The van der Waals surface area contributed by atoms with Crippen molar-refractivity contribution in [2.45, 2.75) is 25.8 Å². The number of fused-ring (bicyclic) bond motifs is 1. The molecular weight excluding hydrogens is 290 g/mol. The van der Waals surface area contributed by atoms with Gasteiger partial charge in [-0.3, -0.25) is 9.69 Å². The van der Waals surface area contributed by atoms with Crippen LogP contribution in [0.5, 0.6) is 0 Å². The molecule has 0 fully saturated rings. The van der Waals surface area contributed by atoms with Gasteiger partial charge in [0.2, 0.25) is 0 Å². The van der Waals surface area contributed by atoms with Crippen LogP contribution in [0.4, 0.5) is 10.5 Å². The summed E-state index contributed by atoms with van der Waals surface area (Å²) in [6, 6.07) is 16.5. The van der Waals surface area contributed by atoms with Gasteiger partial charge >= 0.3 is 6.09 Å². The molecule has 0 saturated carbocycles. The maximum Gasteiger partial charge on any atom is 0.414 e. The first kappa shape index (κ1) is 15.3. The van der Waals surface area contributed by atoms with E-state index in [0.29, 0.717) is 17.9 Å². The molecule has 118 valence electrons. The van der Waals surface area contributed by atoms with E-state index in [4.69, 9.17) is 4.74 Å². The number of ketones is 1. The van der Waals surface area contributed by atoms with Crippen LogP contribution in [0.25, 0.3) is 0 Å². The zero-order chi connectivity index (χ0) is 16.4. The molecule has 3 rings (SSSR count). The van der Waals surface area contributed by atoms with Crippen LogP contribution in [0.3, 0.4) is 0 Å². The fourth-order valence-electron chi connectivity index (χ4n) is 3.20. The van der Waals surface area contributed by atoms with Crippen LogP contribution in [-0.2, 0) is 4.74 Å². The molecule has 0 unspecified atom stereocenters. The Morgan fingerprint density at radius 3 is 2.43 bits per heavy atom. The molecule has 0 N–H and O–H groups in total. The molecule has 1 heterocycles. The predicted octanol–water partition coefficient (Wildman–Crippen LogP) is 4.02. The second-order valence-electron chi connectivity index (χ2n) is 5.58. The third-order valence-corrected chi connectivity index (χ3v) is 4.22. The predicted molar refractivity (Wildman–Crippen MR) is 88.9 cm³/mol. The minimum atomic E-state index is -0.416. The maximum absolute atomic E-state index is 13.0. The van der Waals surface area contributed by atoms with Crippen LogP contribution in [0.2, 0.25) is 0 Å². The fourth-order valence-corrected chi connectivity index (χ4v) is 3.20. The number of benzene rings is 2. The molecule has 1 amide bonds. The van der Waals surface area contributed by atoms with Gasteiger partial charge in [0, 0.05) is 5.56 Å². The Labute approximate surface area is 135 Å². The number of para-hydroxylation sites is 1. The quantitative estimate of drug-likeness (QED) is 0.842. The minimum Gasteiger partial charge on any atom is -0.449 e. The number of anilines is 1. The van der Waals surface area contributed by atoms with Gasteiger partial charge in [-0.05, 0) is 31.5 Å². The third-order valence-electron chi connectivity index (χ3n) is 4.22. The zero-order valence-corrected chi connectivity index (χ0v) is 13.2. The number of hydrogen-bond acceptors (Lipinski definition) is 3. The van der Waals surface area contributed by atoms with E-state index in [9.17, 15) is 9.59 Å². The van der Waals surface area contributed by atoms with Crippen molar-refractivity contribution < 1.29 is 14.3 Å². The highest BCUT2D eigenvalue weighted by molar-refractivity contribution is 6.11. The van der Waals surface area contributed by atoms with Crippen molar-refractivity contribution >= 4 is 17.6 Å². The van der Waals surface area contributed by atoms with Gasteiger partial charge in [-0.25, -0.2) is 4.79 Å². The van der Waals surface area contributed by atoms with E-state index in [-0.39, 0.29) is 11.8 Å². The maximum atomic E-state index is 13.0. The van der Waals surface area contributed by atoms with Gasteiger partial charge in [0.05, 0.1) is 24.3 Å². The van der Waals surface area contributed by atoms with E-state index in [1.54, 1.807) is 24.0 Å². The number of nitrogens with zero attached hydrogens (tertiary/aromatic N) is 1. The molecule has 1 aliphatic heterocycles. The van der Waals surface area contributed by atoms with Crippen molar-refractivity contribution in [3.8, 4) is 0 Å². The number of carbonyl (C=O) groups is 2. The number of rotatable bonds is 2. The van der Waals surface area contributed by atoms with Gasteiger partial charge in [0.15, 0.2) is 5.78 Å². The Kier molecular flexibility index (Phi) is 4.15. The number of Topliss-reactive ketones (excluding diaryl/α,β-unsaturated/α-hetero) is 1. The summed E-state index contributed by atoms with van der Waals surface area (Å²) in [5.41, 5.74) is 2.09. The van der Waals surface area contributed by atoms with Crippen molar-refractivity contribution in [2.24, 2.45) is 0 Å². The second kappa shape index (κ2) is 6.24. The number of hydrogen-bond donors (Lipinski definition) is 0. The van der Waals surface area contributed by atoms with Crippen LogP contribution in [0.15, 0.2) is 54.6 Å². The summed E-state index contributed by atoms with van der Waals surface area (Å²) in [4.78, 5) is 27.0. The van der Waals surface area contributed by atoms with Gasteiger partial charge < -0.3 is 4.74 Å². The van der Waals surface area contributed by atoms with Gasteiger partial charge in [-0.15, -0.1) is 0 Å². The Morgan fingerprint density at radius 1 is 1.09 bits per heavy atom. The Morgan fingerprint density at radius 2 is 1.74 bits per heavy atom. The molecule has 1 aliphatic rings. The van der Waals surface area contributed by atoms with Crippen LogP contribution in [-0.4, -0.2) is 24.5 Å². The Balaban J connectivity index is 2.12. The molecule has 0 aliphatic carbocycles. The molecule has 2 aromatic rings. The van der Waals surface area contributed by atoms with E-state index in [2.05, 4.69) is 0 Å². The largest absolute Gasteiger partial charge is 0.449 e. The Hall–Kier alpha value is -2.62. The summed E-state index contributed by atoms with van der Waals surface area (Å²) in [6.07, 6.45) is -0.416. The summed E-state index contributed by atoms with van der Waals surface area (Å²) in [5.74, 6) is -0.352. The normalized spacial score (nSPS) is 20.1. The standard InChI is InChI=1S/C19H19NO3/c1-3-23-19(22)20-13(2)17(14-9-5-4-6-10-14)18(21)15-11-7-8-12-16(15)20/h4-13,17H,3H2,1-2H3/t13-,17+/m0/s1. The van der Waals surface area contributed by atoms with E-state index in [1.807, 2.05) is 49.4 Å². The molecule has 2 aromatic carbocycles. The molecule has 23 heavy (non-hydrogen) atoms. The summed E-state index contributed by atoms with van der Waals surface area (Å²) in [7, 11) is 0. The molecular formula is C19H19NO3. The number of carbonyl (C=O) groups excluding carboxylic acids is 2. The minimum absolute atomic E-state index is 0.0415. The van der Waals surface area contributed by atoms with Gasteiger partial charge in [-0.1, -0.05) is 42.5 Å². The summed E-state index contributed by atoms with van der Waals surface area (Å²) in [5, 5.41) is 0. The zero-order valence-electron chi connectivity index (χ0n) is 13.2. The molecule has 4 nitrogen and oxygen atoms in total. The molecule has 0 radical (unpaired) electrons. The average molecular weight is 309 g/mol. The summed E-state index contributed by atoms with van der Waals surface area (Å²) >= 11 is 0. The Bertz CT molecular complexity index is 726. The van der Waals surface area contributed by atoms with Crippen molar-refractivity contribution in [2.75, 3.05) is 11.5 Å². The van der Waals surface area contributed by atoms with Crippen LogP contribution in [0.1, 0.15) is 35.7 Å². The van der Waals surface area contributed by atoms with Crippen molar-refractivity contribution in [1.29, 1.82) is 0 Å². The third kappa shape index (κ3) is 2.61. The van der Waals surface area contributed by atoms with Gasteiger partial charge in [0.1, 0.15) is 0 Å². The number of amides is 1. The van der Waals surface area contributed by atoms with E-state index >= 15 is 0 Å². The van der Waals surface area contributed by atoms with Crippen LogP contribution >= 0.6 is 0 Å². The highest BCUT2D eigenvalue weighted by atomic mass is 16.6. The van der Waals surface area contributed by atoms with Gasteiger partial charge in [-0.2, -0.15) is 0 Å². The fraction of sp³-hybridized carbons (Fsp3) is 0.263. The summed E-state index contributed by atoms with van der Waals surface area (Å²) < 4.78 is 5.20. The molecule has 0 saturated heterocycles.